The zero-order chi connectivity index (χ0) is 10.3. The number of carbonyl (C=O) groups excluding carboxylic acids is 1. The molecular weight excluding hydrogens is 174 g/mol. The Hall–Kier alpha value is -0.650. The summed E-state index contributed by atoms with van der Waals surface area (Å²) in [7, 11) is 0. The minimum absolute atomic E-state index is 0.0619. The fourth-order valence-electron chi connectivity index (χ4n) is 0.933. The van der Waals surface area contributed by atoms with Gasteiger partial charge in [-0.25, -0.2) is 0 Å². The molecule has 0 aliphatic carbocycles. The minimum atomic E-state index is -1.17. The molecule has 1 atom stereocenters. The third-order valence-electron chi connectivity index (χ3n) is 1.63. The molecule has 0 aromatic rings. The molecule has 0 heterocycles. The highest BCUT2D eigenvalue weighted by molar-refractivity contribution is 5.76. The van der Waals surface area contributed by atoms with E-state index in [2.05, 4.69) is 5.32 Å². The first-order valence-corrected chi connectivity index (χ1v) is 4.22. The average Bonchev–Trinajstić information content (AvgIpc) is 1.99. The van der Waals surface area contributed by atoms with E-state index in [1.165, 1.54) is 6.92 Å². The van der Waals surface area contributed by atoms with Crippen LogP contribution in [0, 0.1) is 0 Å². The van der Waals surface area contributed by atoms with Crippen molar-refractivity contribution in [3.05, 3.63) is 0 Å². The molecule has 0 spiro atoms. The van der Waals surface area contributed by atoms with Crippen molar-refractivity contribution in [2.24, 2.45) is 0 Å². The molecule has 0 bridgehead atoms. The second-order valence-electron chi connectivity index (χ2n) is 3.22. The monoisotopic (exact) mass is 191 g/mol. The average molecular weight is 191 g/mol. The van der Waals surface area contributed by atoms with Crippen LogP contribution in [0.15, 0.2) is 0 Å². The highest BCUT2D eigenvalue weighted by Gasteiger charge is 2.23. The third-order valence-corrected chi connectivity index (χ3v) is 1.63. The van der Waals surface area contributed by atoms with E-state index in [0.29, 0.717) is 0 Å². The van der Waals surface area contributed by atoms with E-state index in [-0.39, 0.29) is 38.5 Å². The second kappa shape index (κ2) is 5.90. The Labute approximate surface area is 77.4 Å². The van der Waals surface area contributed by atoms with E-state index in [1.807, 2.05) is 0 Å². The smallest absolute Gasteiger partial charge is 0.222 e. The van der Waals surface area contributed by atoms with Crippen LogP contribution in [-0.2, 0) is 4.79 Å². The van der Waals surface area contributed by atoms with Gasteiger partial charge in [0.2, 0.25) is 5.91 Å². The number of rotatable bonds is 6. The lowest BCUT2D eigenvalue weighted by molar-refractivity contribution is -0.126. The van der Waals surface area contributed by atoms with Crippen molar-refractivity contribution in [1.29, 1.82) is 0 Å². The van der Waals surface area contributed by atoms with Gasteiger partial charge in [0.05, 0.1) is 18.6 Å². The Kier molecular flexibility index (Phi) is 5.61. The Morgan fingerprint density at radius 2 is 2.00 bits per heavy atom. The van der Waals surface area contributed by atoms with E-state index >= 15 is 0 Å². The van der Waals surface area contributed by atoms with Crippen LogP contribution in [0.2, 0.25) is 0 Å². The fraction of sp³-hybridized carbons (Fsp3) is 0.875. The first-order chi connectivity index (χ1) is 6.02. The molecule has 0 rings (SSSR count). The van der Waals surface area contributed by atoms with Crippen molar-refractivity contribution < 1.29 is 20.1 Å². The molecular formula is C8H17NO4. The van der Waals surface area contributed by atoms with Gasteiger partial charge in [-0.15, -0.1) is 0 Å². The van der Waals surface area contributed by atoms with Gasteiger partial charge in [0.25, 0.3) is 0 Å². The molecule has 78 valence electrons. The van der Waals surface area contributed by atoms with Gasteiger partial charge in [-0.2, -0.15) is 0 Å². The Morgan fingerprint density at radius 1 is 1.38 bits per heavy atom. The number of aliphatic hydroxyl groups excluding tert-OH is 2. The van der Waals surface area contributed by atoms with Crippen molar-refractivity contribution in [1.82, 2.24) is 5.32 Å². The van der Waals surface area contributed by atoms with E-state index < -0.39 is 5.60 Å². The molecule has 0 aliphatic rings. The normalized spacial score (nSPS) is 15.1. The molecule has 0 saturated heterocycles. The molecule has 0 saturated carbocycles. The molecule has 13 heavy (non-hydrogen) atoms. The predicted molar refractivity (Wildman–Crippen MR) is 47.0 cm³/mol. The summed E-state index contributed by atoms with van der Waals surface area (Å²) in [5.74, 6) is -0.326. The fourth-order valence-corrected chi connectivity index (χ4v) is 0.933. The van der Waals surface area contributed by atoms with Crippen molar-refractivity contribution in [2.45, 2.75) is 25.4 Å². The summed E-state index contributed by atoms with van der Waals surface area (Å²) in [4.78, 5) is 11.0. The Bertz CT molecular complexity index is 158. The molecule has 0 aliphatic heterocycles. The van der Waals surface area contributed by atoms with Crippen molar-refractivity contribution in [3.8, 4) is 0 Å². The van der Waals surface area contributed by atoms with Gasteiger partial charge >= 0.3 is 0 Å². The summed E-state index contributed by atoms with van der Waals surface area (Å²) in [5, 5.41) is 28.9. The van der Waals surface area contributed by atoms with E-state index in [1.54, 1.807) is 0 Å². The lowest BCUT2D eigenvalue weighted by Crippen LogP contribution is -2.36. The van der Waals surface area contributed by atoms with Gasteiger partial charge in [-0.1, -0.05) is 0 Å². The number of hydrogen-bond donors (Lipinski definition) is 4. The lowest BCUT2D eigenvalue weighted by Gasteiger charge is -2.21. The quantitative estimate of drug-likeness (QED) is 0.416. The maximum absolute atomic E-state index is 11.0. The maximum Gasteiger partial charge on any atom is 0.222 e. The van der Waals surface area contributed by atoms with Crippen LogP contribution >= 0.6 is 0 Å². The molecule has 4 N–H and O–H groups in total. The van der Waals surface area contributed by atoms with E-state index in [0.717, 1.165) is 0 Å². The number of carbonyl (C=O) groups is 1. The molecule has 5 nitrogen and oxygen atoms in total. The second-order valence-corrected chi connectivity index (χ2v) is 3.22. The highest BCUT2D eigenvalue weighted by atomic mass is 16.3. The van der Waals surface area contributed by atoms with Gasteiger partial charge < -0.3 is 20.6 Å². The molecule has 0 aromatic heterocycles. The highest BCUT2D eigenvalue weighted by Crippen LogP contribution is 2.12. The summed E-state index contributed by atoms with van der Waals surface area (Å²) in [6, 6.07) is 0. The summed E-state index contributed by atoms with van der Waals surface area (Å²) in [6.07, 6.45) is 0.104. The summed E-state index contributed by atoms with van der Waals surface area (Å²) < 4.78 is 0. The first-order valence-electron chi connectivity index (χ1n) is 4.22. The number of amides is 1. The molecule has 0 fully saturated rings. The molecule has 0 radical (unpaired) electrons. The zero-order valence-electron chi connectivity index (χ0n) is 7.79. The third kappa shape index (κ3) is 6.51. The summed E-state index contributed by atoms with van der Waals surface area (Å²) in [5.41, 5.74) is -1.17. The molecule has 5 heteroatoms. The largest absolute Gasteiger partial charge is 0.396 e. The van der Waals surface area contributed by atoms with Crippen LogP contribution in [0.25, 0.3) is 0 Å². The van der Waals surface area contributed by atoms with E-state index in [9.17, 15) is 9.90 Å². The predicted octanol–water partition coefficient (Wildman–Crippen LogP) is -1.38. The van der Waals surface area contributed by atoms with E-state index in [4.69, 9.17) is 10.2 Å². The van der Waals surface area contributed by atoms with Gasteiger partial charge in [-0.05, 0) is 13.3 Å². The zero-order valence-corrected chi connectivity index (χ0v) is 7.79. The van der Waals surface area contributed by atoms with Crippen molar-refractivity contribution in [2.75, 3.05) is 19.8 Å². The summed E-state index contributed by atoms with van der Waals surface area (Å²) in [6.45, 7) is 1.41. The van der Waals surface area contributed by atoms with Crippen LogP contribution in [-0.4, -0.2) is 46.6 Å². The maximum atomic E-state index is 11.0. The Balaban J connectivity index is 3.75. The lowest BCUT2D eigenvalue weighted by atomic mass is 9.98. The van der Waals surface area contributed by atoms with Crippen molar-refractivity contribution in [3.63, 3.8) is 0 Å². The Morgan fingerprint density at radius 3 is 2.46 bits per heavy atom. The standard InChI is InChI=1S/C8H17NO4/c1-8(13,2-4-10)6-7(12)9-3-5-11/h10-11,13H,2-6H2,1H3,(H,9,12). The number of aliphatic hydroxyl groups is 3. The first kappa shape index (κ1) is 12.3. The van der Waals surface area contributed by atoms with Gasteiger partial charge in [0, 0.05) is 13.2 Å². The van der Waals surface area contributed by atoms with Gasteiger partial charge in [-0.3, -0.25) is 4.79 Å². The van der Waals surface area contributed by atoms with Crippen molar-refractivity contribution >= 4 is 5.91 Å². The van der Waals surface area contributed by atoms with Crippen LogP contribution in [0.1, 0.15) is 19.8 Å². The van der Waals surface area contributed by atoms with Crippen LogP contribution < -0.4 is 5.32 Å². The van der Waals surface area contributed by atoms with Crippen LogP contribution in [0.5, 0.6) is 0 Å². The topological polar surface area (TPSA) is 89.8 Å². The van der Waals surface area contributed by atoms with Gasteiger partial charge in [0.1, 0.15) is 0 Å². The summed E-state index contributed by atoms with van der Waals surface area (Å²) >= 11 is 0. The number of hydrogen-bond acceptors (Lipinski definition) is 4. The van der Waals surface area contributed by atoms with Crippen LogP contribution in [0.3, 0.4) is 0 Å². The minimum Gasteiger partial charge on any atom is -0.396 e. The van der Waals surface area contributed by atoms with Crippen LogP contribution in [0.4, 0.5) is 0 Å². The molecule has 1 amide bonds. The number of nitrogens with one attached hydrogen (secondary N) is 1. The van der Waals surface area contributed by atoms with Gasteiger partial charge in [0.15, 0.2) is 0 Å². The SMILES string of the molecule is CC(O)(CCO)CC(=O)NCCO. The molecule has 1 unspecified atom stereocenters. The molecule has 0 aromatic carbocycles.